The molecule has 0 aromatic heterocycles. The van der Waals surface area contributed by atoms with Crippen molar-refractivity contribution in [3.63, 3.8) is 0 Å². The summed E-state index contributed by atoms with van der Waals surface area (Å²) >= 11 is 0. The quantitative estimate of drug-likeness (QED) is 0.802. The van der Waals surface area contributed by atoms with Gasteiger partial charge >= 0.3 is 5.92 Å². The molecular formula is C18H18F2O2. The van der Waals surface area contributed by atoms with E-state index in [1.54, 1.807) is 36.4 Å². The van der Waals surface area contributed by atoms with Crippen molar-refractivity contribution in [2.24, 2.45) is 0 Å². The van der Waals surface area contributed by atoms with Gasteiger partial charge in [0.25, 0.3) is 0 Å². The van der Waals surface area contributed by atoms with Gasteiger partial charge in [0.2, 0.25) is 0 Å². The average Bonchev–Trinajstić information content (AvgIpc) is 2.53. The van der Waals surface area contributed by atoms with Gasteiger partial charge in [0.05, 0.1) is 0 Å². The molecule has 0 aliphatic carbocycles. The standard InChI is InChI=1S/C18H18F2O2/c1-13-8-10-16(11-9-13)17(21)18(19,20)14(2)22-12-15-6-4-3-5-7-15/h3-11,17,21H,2,12H2,1H3/t17-/m0/s1. The molecule has 2 nitrogen and oxygen atoms in total. The predicted octanol–water partition coefficient (Wildman–Crippen LogP) is 4.39. The molecule has 0 saturated heterocycles. The first-order chi connectivity index (χ1) is 10.4. The van der Waals surface area contributed by atoms with Gasteiger partial charge < -0.3 is 9.84 Å². The molecule has 2 rings (SSSR count). The maximum atomic E-state index is 14.2. The molecular weight excluding hydrogens is 286 g/mol. The molecule has 4 heteroatoms. The van der Waals surface area contributed by atoms with Gasteiger partial charge in [-0.3, -0.25) is 0 Å². The number of aryl methyl sites for hydroxylation is 1. The van der Waals surface area contributed by atoms with Crippen LogP contribution in [0, 0.1) is 6.92 Å². The zero-order chi connectivity index (χ0) is 16.2. The third kappa shape index (κ3) is 3.71. The highest BCUT2D eigenvalue weighted by molar-refractivity contribution is 5.26. The third-order valence-corrected chi connectivity index (χ3v) is 3.36. The average molecular weight is 304 g/mol. The van der Waals surface area contributed by atoms with Crippen LogP contribution in [0.1, 0.15) is 22.8 Å². The Hall–Kier alpha value is -2.20. The number of benzene rings is 2. The summed E-state index contributed by atoms with van der Waals surface area (Å²) in [5, 5.41) is 9.92. The highest BCUT2D eigenvalue weighted by Gasteiger charge is 2.44. The van der Waals surface area contributed by atoms with Crippen LogP contribution in [0.15, 0.2) is 66.9 Å². The molecule has 0 unspecified atom stereocenters. The first-order valence-electron chi connectivity index (χ1n) is 6.90. The van der Waals surface area contributed by atoms with Gasteiger partial charge in [-0.25, -0.2) is 0 Å². The van der Waals surface area contributed by atoms with Crippen molar-refractivity contribution in [3.8, 4) is 0 Å². The molecule has 0 spiro atoms. The largest absolute Gasteiger partial charge is 0.487 e. The van der Waals surface area contributed by atoms with Crippen LogP contribution >= 0.6 is 0 Å². The first kappa shape index (κ1) is 16.2. The number of hydrogen-bond acceptors (Lipinski definition) is 2. The van der Waals surface area contributed by atoms with Crippen molar-refractivity contribution >= 4 is 0 Å². The van der Waals surface area contributed by atoms with Crippen LogP contribution in [0.3, 0.4) is 0 Å². The summed E-state index contributed by atoms with van der Waals surface area (Å²) in [5.41, 5.74) is 1.81. The molecule has 116 valence electrons. The van der Waals surface area contributed by atoms with Gasteiger partial charge in [0.1, 0.15) is 6.61 Å². The van der Waals surface area contributed by atoms with Crippen LogP contribution in [0.4, 0.5) is 8.78 Å². The van der Waals surface area contributed by atoms with Crippen molar-refractivity contribution in [2.45, 2.75) is 25.6 Å². The maximum absolute atomic E-state index is 14.2. The van der Waals surface area contributed by atoms with Crippen LogP contribution in [0.2, 0.25) is 0 Å². The number of alkyl halides is 2. The van der Waals surface area contributed by atoms with Gasteiger partial charge in [0, 0.05) is 0 Å². The lowest BCUT2D eigenvalue weighted by atomic mass is 10.0. The van der Waals surface area contributed by atoms with Gasteiger partial charge in [-0.05, 0) is 18.1 Å². The number of aliphatic hydroxyl groups excluding tert-OH is 1. The highest BCUT2D eigenvalue weighted by atomic mass is 19.3. The monoisotopic (exact) mass is 304 g/mol. The summed E-state index contributed by atoms with van der Waals surface area (Å²) in [6.07, 6.45) is -1.99. The van der Waals surface area contributed by atoms with Crippen LogP contribution in [0.25, 0.3) is 0 Å². The van der Waals surface area contributed by atoms with Crippen molar-refractivity contribution in [2.75, 3.05) is 0 Å². The first-order valence-corrected chi connectivity index (χ1v) is 6.90. The summed E-state index contributed by atoms with van der Waals surface area (Å²) < 4.78 is 33.5. The Morgan fingerprint density at radius 3 is 2.32 bits per heavy atom. The molecule has 2 aromatic rings. The van der Waals surface area contributed by atoms with Gasteiger partial charge in [-0.2, -0.15) is 8.78 Å². The number of aliphatic hydroxyl groups is 1. The Morgan fingerprint density at radius 2 is 1.73 bits per heavy atom. The van der Waals surface area contributed by atoms with Crippen LogP contribution < -0.4 is 0 Å². The summed E-state index contributed by atoms with van der Waals surface area (Å²) in [7, 11) is 0. The molecule has 0 aliphatic heterocycles. The molecule has 2 aromatic carbocycles. The molecule has 0 heterocycles. The van der Waals surface area contributed by atoms with Crippen LogP contribution in [-0.2, 0) is 11.3 Å². The number of ether oxygens (including phenoxy) is 1. The summed E-state index contributed by atoms with van der Waals surface area (Å²) in [5.74, 6) is -4.31. The Labute approximate surface area is 128 Å². The minimum atomic E-state index is -3.57. The smallest absolute Gasteiger partial charge is 0.332 e. The van der Waals surface area contributed by atoms with E-state index in [0.717, 1.165) is 11.1 Å². The fraction of sp³-hybridized carbons (Fsp3) is 0.222. The maximum Gasteiger partial charge on any atom is 0.332 e. The van der Waals surface area contributed by atoms with Gasteiger partial charge in [-0.1, -0.05) is 66.7 Å². The van der Waals surface area contributed by atoms with Gasteiger partial charge in [-0.15, -0.1) is 0 Å². The van der Waals surface area contributed by atoms with E-state index >= 15 is 0 Å². The van der Waals surface area contributed by atoms with E-state index in [4.69, 9.17) is 4.74 Å². The third-order valence-electron chi connectivity index (χ3n) is 3.36. The molecule has 1 atom stereocenters. The minimum absolute atomic E-state index is 0.0180. The molecule has 0 saturated carbocycles. The molecule has 22 heavy (non-hydrogen) atoms. The summed E-state index contributed by atoms with van der Waals surface area (Å²) in [6.45, 7) is 5.10. The Balaban J connectivity index is 2.04. The van der Waals surface area contributed by atoms with E-state index in [-0.39, 0.29) is 12.2 Å². The van der Waals surface area contributed by atoms with E-state index in [0.29, 0.717) is 0 Å². The highest BCUT2D eigenvalue weighted by Crippen LogP contribution is 2.37. The van der Waals surface area contributed by atoms with E-state index in [2.05, 4.69) is 6.58 Å². The van der Waals surface area contributed by atoms with Crippen molar-refractivity contribution < 1.29 is 18.6 Å². The van der Waals surface area contributed by atoms with Crippen molar-refractivity contribution in [1.82, 2.24) is 0 Å². The Kier molecular flexibility index (Phi) is 4.93. The lowest BCUT2D eigenvalue weighted by Gasteiger charge is -2.25. The molecule has 0 fully saturated rings. The Morgan fingerprint density at radius 1 is 1.14 bits per heavy atom. The fourth-order valence-electron chi connectivity index (χ4n) is 1.95. The molecule has 0 bridgehead atoms. The zero-order valence-corrected chi connectivity index (χ0v) is 12.3. The van der Waals surface area contributed by atoms with Crippen LogP contribution in [-0.4, -0.2) is 11.0 Å². The van der Waals surface area contributed by atoms with E-state index in [9.17, 15) is 13.9 Å². The predicted molar refractivity (Wildman–Crippen MR) is 81.5 cm³/mol. The number of halogens is 2. The van der Waals surface area contributed by atoms with Crippen molar-refractivity contribution in [3.05, 3.63) is 83.6 Å². The van der Waals surface area contributed by atoms with Crippen LogP contribution in [0.5, 0.6) is 0 Å². The minimum Gasteiger partial charge on any atom is -0.487 e. The molecule has 0 radical (unpaired) electrons. The SMILES string of the molecule is C=C(OCc1ccccc1)C(F)(F)[C@@H](O)c1ccc(C)cc1. The second kappa shape index (κ2) is 6.71. The van der Waals surface area contributed by atoms with E-state index in [1.807, 2.05) is 13.0 Å². The lowest BCUT2D eigenvalue weighted by molar-refractivity contribution is -0.115. The Bertz CT molecular complexity index is 621. The zero-order valence-electron chi connectivity index (χ0n) is 12.3. The summed E-state index contributed by atoms with van der Waals surface area (Å²) in [6, 6.07) is 15.2. The summed E-state index contributed by atoms with van der Waals surface area (Å²) in [4.78, 5) is 0. The molecule has 1 N–H and O–H groups in total. The van der Waals surface area contributed by atoms with E-state index < -0.39 is 17.8 Å². The van der Waals surface area contributed by atoms with E-state index in [1.165, 1.54) is 12.1 Å². The molecule has 0 amide bonds. The topological polar surface area (TPSA) is 29.5 Å². The van der Waals surface area contributed by atoms with Gasteiger partial charge in [0.15, 0.2) is 11.9 Å². The van der Waals surface area contributed by atoms with Crippen molar-refractivity contribution in [1.29, 1.82) is 0 Å². The number of rotatable bonds is 6. The lowest BCUT2D eigenvalue weighted by Crippen LogP contribution is -2.29. The number of hydrogen-bond donors (Lipinski definition) is 1. The second-order valence-electron chi connectivity index (χ2n) is 5.13. The molecule has 0 aliphatic rings. The normalized spacial score (nSPS) is 12.7. The second-order valence-corrected chi connectivity index (χ2v) is 5.13. The fourth-order valence-corrected chi connectivity index (χ4v) is 1.95.